The first-order valence-electron chi connectivity index (χ1n) is 9.33. The van der Waals surface area contributed by atoms with Crippen molar-refractivity contribution in [1.29, 1.82) is 0 Å². The quantitative estimate of drug-likeness (QED) is 0.745. The Morgan fingerprint density at radius 3 is 2.11 bits per heavy atom. The van der Waals surface area contributed by atoms with Gasteiger partial charge >= 0.3 is 5.97 Å². The molecule has 2 aliphatic heterocycles. The average Bonchev–Trinajstić information content (AvgIpc) is 2.96. The molecule has 0 radical (unpaired) electrons. The molecule has 0 aliphatic carbocycles. The zero-order valence-electron chi connectivity index (χ0n) is 16.0. The third-order valence-corrected chi connectivity index (χ3v) is 6.75. The van der Waals surface area contributed by atoms with Crippen LogP contribution in [0.5, 0.6) is 0 Å². The maximum absolute atomic E-state index is 13.0. The van der Waals surface area contributed by atoms with Crippen molar-refractivity contribution in [3.8, 4) is 0 Å². The van der Waals surface area contributed by atoms with Gasteiger partial charge in [0.25, 0.3) is 0 Å². The lowest BCUT2D eigenvalue weighted by atomic mass is 9.79. The minimum absolute atomic E-state index is 0.265. The maximum Gasteiger partial charge on any atom is 0.340 e. The second kappa shape index (κ2) is 6.87. The summed E-state index contributed by atoms with van der Waals surface area (Å²) in [5, 5.41) is 0. The Kier molecular flexibility index (Phi) is 4.63. The molecule has 0 bridgehead atoms. The van der Waals surface area contributed by atoms with Crippen LogP contribution in [0.2, 0.25) is 0 Å². The van der Waals surface area contributed by atoms with Crippen LogP contribution in [-0.2, 0) is 19.4 Å². The minimum Gasteiger partial charge on any atom is -0.450 e. The molecule has 2 heterocycles. The summed E-state index contributed by atoms with van der Waals surface area (Å²) in [6, 6.07) is 16.3. The van der Waals surface area contributed by atoms with Gasteiger partial charge in [-0.25, -0.2) is 13.2 Å². The van der Waals surface area contributed by atoms with Gasteiger partial charge in [-0.1, -0.05) is 42.5 Å². The van der Waals surface area contributed by atoms with E-state index < -0.39 is 15.4 Å². The van der Waals surface area contributed by atoms with Crippen molar-refractivity contribution in [2.75, 3.05) is 26.4 Å². The SMILES string of the molecule is CN1CCC2(CC1)OC(=O)C(c1ccccc1)=C2c1ccc(S(C)(=O)=O)cc1. The fourth-order valence-corrected chi connectivity index (χ4v) is 4.71. The van der Waals surface area contributed by atoms with Crippen molar-refractivity contribution in [3.63, 3.8) is 0 Å². The molecule has 0 amide bonds. The van der Waals surface area contributed by atoms with Crippen LogP contribution in [-0.4, -0.2) is 51.3 Å². The van der Waals surface area contributed by atoms with Gasteiger partial charge in [-0.15, -0.1) is 0 Å². The van der Waals surface area contributed by atoms with Gasteiger partial charge in [0, 0.05) is 37.8 Å². The van der Waals surface area contributed by atoms with Crippen molar-refractivity contribution in [3.05, 3.63) is 65.7 Å². The monoisotopic (exact) mass is 397 g/mol. The first kappa shape index (κ1) is 18.9. The molecule has 0 N–H and O–H groups in total. The summed E-state index contributed by atoms with van der Waals surface area (Å²) in [4.78, 5) is 15.4. The van der Waals surface area contributed by atoms with E-state index in [0.717, 1.165) is 29.8 Å². The molecule has 1 saturated heterocycles. The number of hydrogen-bond donors (Lipinski definition) is 0. The number of hydrogen-bond acceptors (Lipinski definition) is 5. The molecule has 28 heavy (non-hydrogen) atoms. The van der Waals surface area contributed by atoms with Crippen molar-refractivity contribution < 1.29 is 17.9 Å². The first-order chi connectivity index (χ1) is 13.3. The van der Waals surface area contributed by atoms with Crippen molar-refractivity contribution in [2.24, 2.45) is 0 Å². The van der Waals surface area contributed by atoms with Crippen LogP contribution in [0.25, 0.3) is 11.1 Å². The normalized spacial score (nSPS) is 19.9. The Morgan fingerprint density at radius 2 is 1.54 bits per heavy atom. The van der Waals surface area contributed by atoms with Crippen LogP contribution < -0.4 is 0 Å². The molecule has 0 aromatic heterocycles. The van der Waals surface area contributed by atoms with E-state index in [-0.39, 0.29) is 10.9 Å². The summed E-state index contributed by atoms with van der Waals surface area (Å²) in [7, 11) is -1.22. The van der Waals surface area contributed by atoms with Crippen LogP contribution in [0, 0.1) is 0 Å². The Morgan fingerprint density at radius 1 is 0.929 bits per heavy atom. The number of piperidine rings is 1. The van der Waals surface area contributed by atoms with Crippen LogP contribution in [0.1, 0.15) is 24.0 Å². The average molecular weight is 397 g/mol. The van der Waals surface area contributed by atoms with Gasteiger partial charge in [0.2, 0.25) is 0 Å². The molecule has 2 aromatic carbocycles. The minimum atomic E-state index is -3.28. The lowest BCUT2D eigenvalue weighted by Crippen LogP contribution is -2.44. The van der Waals surface area contributed by atoms with E-state index in [1.54, 1.807) is 24.3 Å². The van der Waals surface area contributed by atoms with E-state index in [2.05, 4.69) is 11.9 Å². The number of likely N-dealkylation sites (tertiary alicyclic amines) is 1. The molecule has 1 fully saturated rings. The molecule has 5 nitrogen and oxygen atoms in total. The summed E-state index contributed by atoms with van der Waals surface area (Å²) in [6.07, 6.45) is 2.63. The van der Waals surface area contributed by atoms with Crippen molar-refractivity contribution >= 4 is 27.0 Å². The van der Waals surface area contributed by atoms with Gasteiger partial charge in [0.1, 0.15) is 5.60 Å². The molecule has 6 heteroatoms. The standard InChI is InChI=1S/C22H23NO4S/c1-23-14-12-22(13-15-23)20(17-8-10-18(11-9-17)28(2,25)26)19(21(24)27-22)16-6-4-3-5-7-16/h3-11H,12-15H2,1-2H3. The lowest BCUT2D eigenvalue weighted by Gasteiger charge is -2.38. The zero-order valence-corrected chi connectivity index (χ0v) is 16.8. The topological polar surface area (TPSA) is 63.7 Å². The van der Waals surface area contributed by atoms with Gasteiger partial charge in [0.05, 0.1) is 10.5 Å². The van der Waals surface area contributed by atoms with Crippen LogP contribution in [0.3, 0.4) is 0 Å². The largest absolute Gasteiger partial charge is 0.450 e. The predicted molar refractivity (Wildman–Crippen MR) is 108 cm³/mol. The highest BCUT2D eigenvalue weighted by atomic mass is 32.2. The summed E-state index contributed by atoms with van der Waals surface area (Å²) in [5.74, 6) is -0.307. The number of esters is 1. The Labute approximate surface area is 165 Å². The number of nitrogens with zero attached hydrogens (tertiary/aromatic N) is 1. The lowest BCUT2D eigenvalue weighted by molar-refractivity contribution is -0.147. The van der Waals surface area contributed by atoms with Gasteiger partial charge in [-0.2, -0.15) is 0 Å². The van der Waals surface area contributed by atoms with Crippen LogP contribution in [0.15, 0.2) is 59.5 Å². The van der Waals surface area contributed by atoms with E-state index in [4.69, 9.17) is 4.74 Å². The number of carbonyl (C=O) groups is 1. The predicted octanol–water partition coefficient (Wildman–Crippen LogP) is 3.02. The summed E-state index contributed by atoms with van der Waals surface area (Å²) in [6.45, 7) is 1.67. The fourth-order valence-electron chi connectivity index (χ4n) is 4.08. The first-order valence-corrected chi connectivity index (χ1v) is 11.2. The van der Waals surface area contributed by atoms with E-state index in [9.17, 15) is 13.2 Å². The molecule has 2 aromatic rings. The Hall–Kier alpha value is -2.44. The third-order valence-electron chi connectivity index (χ3n) is 5.63. The summed E-state index contributed by atoms with van der Waals surface area (Å²) >= 11 is 0. The molecular formula is C22H23NO4S. The highest BCUT2D eigenvalue weighted by Gasteiger charge is 2.49. The van der Waals surface area contributed by atoms with Gasteiger partial charge in [-0.3, -0.25) is 0 Å². The molecular weight excluding hydrogens is 374 g/mol. The molecule has 0 unspecified atom stereocenters. The van der Waals surface area contributed by atoms with Gasteiger partial charge in [-0.05, 0) is 30.3 Å². The highest BCUT2D eigenvalue weighted by Crippen LogP contribution is 2.49. The molecule has 1 spiro atoms. The number of carbonyl (C=O) groups excluding carboxylic acids is 1. The zero-order chi connectivity index (χ0) is 19.9. The maximum atomic E-state index is 13.0. The molecule has 0 saturated carbocycles. The fraction of sp³-hybridized carbons (Fsp3) is 0.318. The van der Waals surface area contributed by atoms with E-state index in [0.29, 0.717) is 18.4 Å². The Balaban J connectivity index is 1.90. The number of sulfone groups is 1. The third kappa shape index (κ3) is 3.27. The smallest absolute Gasteiger partial charge is 0.340 e. The van der Waals surface area contributed by atoms with Gasteiger partial charge in [0.15, 0.2) is 9.84 Å². The van der Waals surface area contributed by atoms with Crippen molar-refractivity contribution in [2.45, 2.75) is 23.3 Å². The molecule has 4 rings (SSSR count). The summed E-state index contributed by atoms with van der Waals surface area (Å²) in [5.41, 5.74) is 2.45. The number of ether oxygens (including phenoxy) is 1. The second-order valence-electron chi connectivity index (χ2n) is 7.60. The Bertz CT molecular complexity index is 1030. The van der Waals surface area contributed by atoms with Crippen molar-refractivity contribution in [1.82, 2.24) is 4.90 Å². The molecule has 2 aliphatic rings. The van der Waals surface area contributed by atoms with E-state index in [1.165, 1.54) is 6.26 Å². The highest BCUT2D eigenvalue weighted by molar-refractivity contribution is 7.90. The van der Waals surface area contributed by atoms with Gasteiger partial charge < -0.3 is 9.64 Å². The molecule has 0 atom stereocenters. The van der Waals surface area contributed by atoms with E-state index >= 15 is 0 Å². The molecule has 146 valence electrons. The van der Waals surface area contributed by atoms with Crippen LogP contribution in [0.4, 0.5) is 0 Å². The number of benzene rings is 2. The second-order valence-corrected chi connectivity index (χ2v) is 9.62. The van der Waals surface area contributed by atoms with E-state index in [1.807, 2.05) is 30.3 Å². The number of rotatable bonds is 3. The summed E-state index contributed by atoms with van der Waals surface area (Å²) < 4.78 is 29.7. The van der Waals surface area contributed by atoms with Crippen LogP contribution >= 0.6 is 0 Å².